The number of nitro groups is 1. The molecule has 0 heterocycles. The summed E-state index contributed by atoms with van der Waals surface area (Å²) in [6.07, 6.45) is 7.99. The fourth-order valence-electron chi connectivity index (χ4n) is 3.01. The molecule has 108 valence electrons. The van der Waals surface area contributed by atoms with Crippen LogP contribution in [0.4, 0.5) is 5.69 Å². The number of rotatable bonds is 5. The van der Waals surface area contributed by atoms with Gasteiger partial charge >= 0.3 is 0 Å². The van der Waals surface area contributed by atoms with Gasteiger partial charge in [0.15, 0.2) is 0 Å². The van der Waals surface area contributed by atoms with Crippen LogP contribution in [-0.2, 0) is 11.2 Å². The predicted octanol–water partition coefficient (Wildman–Crippen LogP) is 4.07. The molecule has 20 heavy (non-hydrogen) atoms. The summed E-state index contributed by atoms with van der Waals surface area (Å²) in [7, 11) is 0. The van der Waals surface area contributed by atoms with Gasteiger partial charge in [0.1, 0.15) is 5.78 Å². The average Bonchev–Trinajstić information content (AvgIpc) is 2.67. The van der Waals surface area contributed by atoms with Crippen LogP contribution in [0.5, 0.6) is 0 Å². The first-order chi connectivity index (χ1) is 9.66. The molecule has 1 fully saturated rings. The Morgan fingerprint density at radius 1 is 1.15 bits per heavy atom. The SMILES string of the molecule is O=C(Cc1ccccc1[N+](=O)[O-])CC1CCCCCC1. The van der Waals surface area contributed by atoms with Gasteiger partial charge in [0.2, 0.25) is 0 Å². The molecule has 0 atom stereocenters. The third-order valence-electron chi connectivity index (χ3n) is 4.07. The number of benzene rings is 1. The first-order valence-electron chi connectivity index (χ1n) is 7.41. The van der Waals surface area contributed by atoms with Crippen molar-refractivity contribution >= 4 is 11.5 Å². The van der Waals surface area contributed by atoms with Gasteiger partial charge in [-0.05, 0) is 5.92 Å². The third-order valence-corrected chi connectivity index (χ3v) is 4.07. The van der Waals surface area contributed by atoms with Crippen LogP contribution in [0.15, 0.2) is 24.3 Å². The molecular weight excluding hydrogens is 254 g/mol. The molecule has 1 saturated carbocycles. The van der Waals surface area contributed by atoms with E-state index >= 15 is 0 Å². The lowest BCUT2D eigenvalue weighted by atomic mass is 9.92. The quantitative estimate of drug-likeness (QED) is 0.462. The van der Waals surface area contributed by atoms with Gasteiger partial charge in [-0.3, -0.25) is 14.9 Å². The molecule has 2 rings (SSSR count). The van der Waals surface area contributed by atoms with Gasteiger partial charge in [-0.15, -0.1) is 0 Å². The average molecular weight is 275 g/mol. The summed E-state index contributed by atoms with van der Waals surface area (Å²) < 4.78 is 0. The minimum absolute atomic E-state index is 0.0571. The lowest BCUT2D eigenvalue weighted by Crippen LogP contribution is -2.11. The Labute approximate surface area is 119 Å². The van der Waals surface area contributed by atoms with Crippen LogP contribution in [0.3, 0.4) is 0 Å². The minimum Gasteiger partial charge on any atom is -0.299 e. The third kappa shape index (κ3) is 4.15. The Morgan fingerprint density at radius 3 is 2.45 bits per heavy atom. The molecule has 1 aromatic carbocycles. The fourth-order valence-corrected chi connectivity index (χ4v) is 3.01. The van der Waals surface area contributed by atoms with Crippen molar-refractivity contribution in [1.82, 2.24) is 0 Å². The number of ketones is 1. The lowest BCUT2D eigenvalue weighted by molar-refractivity contribution is -0.385. The Kier molecular flexibility index (Phi) is 5.27. The number of nitrogens with zero attached hydrogens (tertiary/aromatic N) is 1. The van der Waals surface area contributed by atoms with E-state index in [4.69, 9.17) is 0 Å². The molecule has 0 spiro atoms. The summed E-state index contributed by atoms with van der Waals surface area (Å²) in [6.45, 7) is 0. The Bertz CT molecular complexity index is 476. The molecular formula is C16H21NO3. The second-order valence-corrected chi connectivity index (χ2v) is 5.66. The highest BCUT2D eigenvalue weighted by molar-refractivity contribution is 5.82. The van der Waals surface area contributed by atoms with Crippen LogP contribution >= 0.6 is 0 Å². The molecule has 0 saturated heterocycles. The van der Waals surface area contributed by atoms with Crippen LogP contribution in [0.1, 0.15) is 50.5 Å². The second-order valence-electron chi connectivity index (χ2n) is 5.66. The van der Waals surface area contributed by atoms with Gasteiger partial charge < -0.3 is 0 Å². The summed E-state index contributed by atoms with van der Waals surface area (Å²) >= 11 is 0. The van der Waals surface area contributed by atoms with Crippen molar-refractivity contribution in [2.45, 2.75) is 51.4 Å². The summed E-state index contributed by atoms with van der Waals surface area (Å²) in [5.74, 6) is 0.610. The maximum atomic E-state index is 12.1. The predicted molar refractivity (Wildman–Crippen MR) is 77.6 cm³/mol. The largest absolute Gasteiger partial charge is 0.299 e. The topological polar surface area (TPSA) is 60.2 Å². The molecule has 0 aromatic heterocycles. The maximum Gasteiger partial charge on any atom is 0.273 e. The molecule has 0 amide bonds. The van der Waals surface area contributed by atoms with Gasteiger partial charge in [-0.25, -0.2) is 0 Å². The molecule has 4 nitrogen and oxygen atoms in total. The number of nitro benzene ring substituents is 1. The van der Waals surface area contributed by atoms with Crippen molar-refractivity contribution in [2.24, 2.45) is 5.92 Å². The summed E-state index contributed by atoms with van der Waals surface area (Å²) in [5.41, 5.74) is 0.595. The molecule has 4 heteroatoms. The summed E-state index contributed by atoms with van der Waals surface area (Å²) in [5, 5.41) is 10.9. The van der Waals surface area contributed by atoms with E-state index in [9.17, 15) is 14.9 Å². The van der Waals surface area contributed by atoms with Crippen LogP contribution in [-0.4, -0.2) is 10.7 Å². The second kappa shape index (κ2) is 7.17. The van der Waals surface area contributed by atoms with Gasteiger partial charge in [0.05, 0.1) is 4.92 Å². The number of hydrogen-bond donors (Lipinski definition) is 0. The number of carbonyl (C=O) groups excluding carboxylic acids is 1. The van der Waals surface area contributed by atoms with Crippen LogP contribution < -0.4 is 0 Å². The van der Waals surface area contributed by atoms with E-state index in [0.29, 0.717) is 17.9 Å². The van der Waals surface area contributed by atoms with Gasteiger partial charge in [-0.1, -0.05) is 56.7 Å². The van der Waals surface area contributed by atoms with Crippen molar-refractivity contribution in [1.29, 1.82) is 0 Å². The number of Topliss-reactive ketones (excluding diaryl/α,β-unsaturated/α-hetero) is 1. The number of carbonyl (C=O) groups is 1. The zero-order chi connectivity index (χ0) is 14.4. The first kappa shape index (κ1) is 14.7. The standard InChI is InChI=1S/C16H21NO3/c18-15(11-13-7-3-1-2-4-8-13)12-14-9-5-6-10-16(14)17(19)20/h5-6,9-10,13H,1-4,7-8,11-12H2. The van der Waals surface area contributed by atoms with E-state index in [1.165, 1.54) is 31.7 Å². The first-order valence-corrected chi connectivity index (χ1v) is 7.41. The van der Waals surface area contributed by atoms with Crippen molar-refractivity contribution < 1.29 is 9.72 Å². The fraction of sp³-hybridized carbons (Fsp3) is 0.562. The van der Waals surface area contributed by atoms with Crippen molar-refractivity contribution in [2.75, 3.05) is 0 Å². The Balaban J connectivity index is 1.95. The van der Waals surface area contributed by atoms with Crippen LogP contribution in [0.25, 0.3) is 0 Å². The van der Waals surface area contributed by atoms with Crippen LogP contribution in [0.2, 0.25) is 0 Å². The van der Waals surface area contributed by atoms with Gasteiger partial charge in [0.25, 0.3) is 5.69 Å². The van der Waals surface area contributed by atoms with Crippen molar-refractivity contribution in [3.05, 3.63) is 39.9 Å². The van der Waals surface area contributed by atoms with Gasteiger partial charge in [0, 0.05) is 24.5 Å². The molecule has 1 aromatic rings. The molecule has 1 aliphatic carbocycles. The van der Waals surface area contributed by atoms with Crippen molar-refractivity contribution in [3.8, 4) is 0 Å². The van der Waals surface area contributed by atoms with E-state index < -0.39 is 4.92 Å². The molecule has 1 aliphatic rings. The summed E-state index contributed by atoms with van der Waals surface area (Å²) in [4.78, 5) is 22.7. The van der Waals surface area contributed by atoms with Crippen LogP contribution in [0, 0.1) is 16.0 Å². The Hall–Kier alpha value is -1.71. The zero-order valence-electron chi connectivity index (χ0n) is 11.7. The molecule has 0 aliphatic heterocycles. The Morgan fingerprint density at radius 2 is 1.80 bits per heavy atom. The molecule has 0 bridgehead atoms. The normalized spacial score (nSPS) is 16.6. The number of para-hydroxylation sites is 1. The smallest absolute Gasteiger partial charge is 0.273 e. The molecule has 0 N–H and O–H groups in total. The minimum atomic E-state index is -0.408. The van der Waals surface area contributed by atoms with Crippen molar-refractivity contribution in [3.63, 3.8) is 0 Å². The highest BCUT2D eigenvalue weighted by atomic mass is 16.6. The lowest BCUT2D eigenvalue weighted by Gasteiger charge is -2.12. The van der Waals surface area contributed by atoms with E-state index in [0.717, 1.165) is 12.8 Å². The highest BCUT2D eigenvalue weighted by Crippen LogP contribution is 2.27. The van der Waals surface area contributed by atoms with E-state index in [1.54, 1.807) is 18.2 Å². The molecule has 0 radical (unpaired) electrons. The van der Waals surface area contributed by atoms with Gasteiger partial charge in [-0.2, -0.15) is 0 Å². The molecule has 0 unspecified atom stereocenters. The summed E-state index contributed by atoms with van der Waals surface area (Å²) in [6, 6.07) is 6.54. The highest BCUT2D eigenvalue weighted by Gasteiger charge is 2.19. The number of hydrogen-bond acceptors (Lipinski definition) is 3. The monoisotopic (exact) mass is 275 g/mol. The van der Waals surface area contributed by atoms with E-state index in [-0.39, 0.29) is 17.9 Å². The zero-order valence-corrected chi connectivity index (χ0v) is 11.7. The van der Waals surface area contributed by atoms with E-state index in [1.807, 2.05) is 0 Å². The van der Waals surface area contributed by atoms with E-state index in [2.05, 4.69) is 0 Å². The maximum absolute atomic E-state index is 12.1.